The van der Waals surface area contributed by atoms with Gasteiger partial charge in [-0.05, 0) is 86.1 Å². The number of carbonyl (C=O) groups excluding carboxylic acids is 1. The molecule has 38 heavy (non-hydrogen) atoms. The number of aryl methyl sites for hydroxylation is 2. The molecular weight excluding hydrogens is 494 g/mol. The molecule has 1 saturated heterocycles. The van der Waals surface area contributed by atoms with E-state index in [9.17, 15) is 13.2 Å². The fraction of sp³-hybridized carbons (Fsp3) is 0.387. The van der Waals surface area contributed by atoms with Gasteiger partial charge in [0.1, 0.15) is 0 Å². The number of piperidine rings is 1. The zero-order chi connectivity index (χ0) is 27.4. The van der Waals surface area contributed by atoms with Crippen LogP contribution in [0.25, 0.3) is 0 Å². The van der Waals surface area contributed by atoms with Crippen LogP contribution in [-0.2, 0) is 16.6 Å². The van der Waals surface area contributed by atoms with Crippen molar-refractivity contribution in [3.8, 4) is 0 Å². The summed E-state index contributed by atoms with van der Waals surface area (Å²) in [4.78, 5) is 15.4. The highest BCUT2D eigenvalue weighted by Crippen LogP contribution is 2.29. The lowest BCUT2D eigenvalue weighted by Crippen LogP contribution is -2.34. The van der Waals surface area contributed by atoms with Gasteiger partial charge in [-0.25, -0.2) is 8.42 Å². The number of nitrogens with one attached hydrogen (secondary N) is 1. The van der Waals surface area contributed by atoms with Crippen LogP contribution in [0.4, 0.5) is 11.4 Å². The minimum absolute atomic E-state index is 0.138. The molecule has 2 atom stereocenters. The van der Waals surface area contributed by atoms with Gasteiger partial charge in [0.25, 0.3) is 5.91 Å². The van der Waals surface area contributed by atoms with E-state index in [1.165, 1.54) is 29.1 Å². The van der Waals surface area contributed by atoms with Crippen molar-refractivity contribution < 1.29 is 13.2 Å². The predicted octanol–water partition coefficient (Wildman–Crippen LogP) is 6.00. The van der Waals surface area contributed by atoms with Crippen molar-refractivity contribution >= 4 is 27.3 Å². The minimum Gasteiger partial charge on any atom is -0.371 e. The van der Waals surface area contributed by atoms with E-state index in [0.29, 0.717) is 17.2 Å². The number of benzene rings is 3. The van der Waals surface area contributed by atoms with Crippen LogP contribution in [0.3, 0.4) is 0 Å². The zero-order valence-electron chi connectivity index (χ0n) is 23.1. The van der Waals surface area contributed by atoms with Crippen molar-refractivity contribution in [3.63, 3.8) is 0 Å². The van der Waals surface area contributed by atoms with E-state index in [4.69, 9.17) is 0 Å². The largest absolute Gasteiger partial charge is 0.371 e. The maximum Gasteiger partial charge on any atom is 0.251 e. The van der Waals surface area contributed by atoms with Crippen LogP contribution in [-0.4, -0.2) is 33.7 Å². The van der Waals surface area contributed by atoms with Crippen molar-refractivity contribution in [2.75, 3.05) is 28.6 Å². The lowest BCUT2D eigenvalue weighted by atomic mass is 9.99. The Balaban J connectivity index is 1.41. The van der Waals surface area contributed by atoms with Crippen molar-refractivity contribution in [3.05, 3.63) is 94.5 Å². The van der Waals surface area contributed by atoms with E-state index in [1.54, 1.807) is 12.1 Å². The smallest absolute Gasteiger partial charge is 0.251 e. The first kappa shape index (κ1) is 27.7. The molecule has 0 unspecified atom stereocenters. The van der Waals surface area contributed by atoms with Crippen LogP contribution in [0.15, 0.2) is 66.7 Å². The Morgan fingerprint density at radius 2 is 1.66 bits per heavy atom. The summed E-state index contributed by atoms with van der Waals surface area (Å²) in [6.07, 6.45) is 3.74. The second kappa shape index (κ2) is 11.6. The van der Waals surface area contributed by atoms with Crippen molar-refractivity contribution in [1.82, 2.24) is 5.32 Å². The quantitative estimate of drug-likeness (QED) is 0.386. The van der Waals surface area contributed by atoms with E-state index in [-0.39, 0.29) is 18.5 Å². The number of rotatable bonds is 8. The third-order valence-corrected chi connectivity index (χ3v) is 8.51. The van der Waals surface area contributed by atoms with Gasteiger partial charge < -0.3 is 10.2 Å². The first-order chi connectivity index (χ1) is 18.0. The van der Waals surface area contributed by atoms with Crippen LogP contribution in [0.1, 0.15) is 65.3 Å². The number of nitrogens with zero attached hydrogens (tertiary/aromatic N) is 2. The van der Waals surface area contributed by atoms with Crippen LogP contribution in [0, 0.1) is 19.8 Å². The number of sulfonamides is 1. The van der Waals surface area contributed by atoms with Crippen LogP contribution >= 0.6 is 0 Å². The first-order valence-corrected chi connectivity index (χ1v) is 15.2. The molecular formula is C31H39N3O3S. The summed E-state index contributed by atoms with van der Waals surface area (Å²) in [5.41, 5.74) is 6.15. The molecule has 0 aliphatic carbocycles. The lowest BCUT2D eigenvalue weighted by Gasteiger charge is -2.33. The Morgan fingerprint density at radius 1 is 1.03 bits per heavy atom. The molecule has 1 amide bonds. The second-order valence-electron chi connectivity index (χ2n) is 10.7. The van der Waals surface area contributed by atoms with E-state index < -0.39 is 10.0 Å². The highest BCUT2D eigenvalue weighted by molar-refractivity contribution is 7.92. The number of anilines is 2. The van der Waals surface area contributed by atoms with Gasteiger partial charge in [-0.1, -0.05) is 49.4 Å². The molecule has 1 fully saturated rings. The van der Waals surface area contributed by atoms with Crippen molar-refractivity contribution in [1.29, 1.82) is 0 Å². The van der Waals surface area contributed by atoms with Crippen molar-refractivity contribution in [2.45, 2.75) is 53.1 Å². The van der Waals surface area contributed by atoms with Crippen LogP contribution < -0.4 is 14.5 Å². The average Bonchev–Trinajstić information content (AvgIpc) is 2.88. The molecule has 7 heteroatoms. The van der Waals surface area contributed by atoms with Gasteiger partial charge in [-0.2, -0.15) is 0 Å². The maximum absolute atomic E-state index is 13.0. The SMILES string of the molecule is Cc1cccc(C)c1N(Cc1ccc(C(=O)N[C@H](C)c2ccc(N3CCC[C@@H](C)C3)cc2)cc1)S(C)(=O)=O. The van der Waals surface area contributed by atoms with E-state index in [2.05, 4.69) is 41.4 Å². The molecule has 3 aromatic rings. The Hall–Kier alpha value is -3.32. The summed E-state index contributed by atoms with van der Waals surface area (Å²) >= 11 is 0. The monoisotopic (exact) mass is 533 g/mol. The number of hydrogen-bond donors (Lipinski definition) is 1. The lowest BCUT2D eigenvalue weighted by molar-refractivity contribution is 0.0940. The number of amides is 1. The summed E-state index contributed by atoms with van der Waals surface area (Å²) in [7, 11) is -3.50. The fourth-order valence-electron chi connectivity index (χ4n) is 5.25. The second-order valence-corrected chi connectivity index (χ2v) is 12.6. The maximum atomic E-state index is 13.0. The Kier molecular flexibility index (Phi) is 8.46. The first-order valence-electron chi connectivity index (χ1n) is 13.3. The summed E-state index contributed by atoms with van der Waals surface area (Å²) in [5.74, 6) is 0.557. The molecule has 3 aromatic carbocycles. The van der Waals surface area contributed by atoms with Gasteiger partial charge in [0.05, 0.1) is 24.5 Å². The Bertz CT molecular complexity index is 1350. The molecule has 1 aliphatic heterocycles. The third-order valence-electron chi connectivity index (χ3n) is 7.39. The molecule has 0 radical (unpaired) electrons. The molecule has 4 rings (SSSR count). The summed E-state index contributed by atoms with van der Waals surface area (Å²) in [5, 5.41) is 3.08. The fourth-order valence-corrected chi connectivity index (χ4v) is 6.25. The van der Waals surface area contributed by atoms with E-state index >= 15 is 0 Å². The number of carbonyl (C=O) groups is 1. The molecule has 6 nitrogen and oxygen atoms in total. The predicted molar refractivity (Wildman–Crippen MR) is 156 cm³/mol. The molecule has 1 N–H and O–H groups in total. The van der Waals surface area contributed by atoms with Gasteiger partial charge in [-0.3, -0.25) is 9.10 Å². The van der Waals surface area contributed by atoms with Gasteiger partial charge in [-0.15, -0.1) is 0 Å². The highest BCUT2D eigenvalue weighted by atomic mass is 32.2. The van der Waals surface area contributed by atoms with Crippen molar-refractivity contribution in [2.24, 2.45) is 5.92 Å². The topological polar surface area (TPSA) is 69.7 Å². The molecule has 0 spiro atoms. The Morgan fingerprint density at radius 3 is 2.24 bits per heavy atom. The molecule has 202 valence electrons. The average molecular weight is 534 g/mol. The molecule has 1 aliphatic rings. The van der Waals surface area contributed by atoms with Crippen LogP contribution in [0.2, 0.25) is 0 Å². The zero-order valence-corrected chi connectivity index (χ0v) is 23.9. The van der Waals surface area contributed by atoms with Gasteiger partial charge in [0.15, 0.2) is 0 Å². The van der Waals surface area contributed by atoms with Gasteiger partial charge in [0.2, 0.25) is 10.0 Å². The highest BCUT2D eigenvalue weighted by Gasteiger charge is 2.22. The summed E-state index contributed by atoms with van der Waals surface area (Å²) in [6.45, 7) is 10.5. The Labute approximate surface area is 227 Å². The molecule has 0 bridgehead atoms. The normalized spacial score (nSPS) is 16.7. The number of hydrogen-bond acceptors (Lipinski definition) is 4. The molecule has 1 heterocycles. The summed E-state index contributed by atoms with van der Waals surface area (Å²) < 4.78 is 26.7. The van der Waals surface area contributed by atoms with Crippen LogP contribution in [0.5, 0.6) is 0 Å². The third kappa shape index (κ3) is 6.57. The molecule has 0 saturated carbocycles. The van der Waals surface area contributed by atoms with Gasteiger partial charge >= 0.3 is 0 Å². The number of para-hydroxylation sites is 1. The minimum atomic E-state index is -3.50. The standard InChI is InChI=1S/C31H39N3O3S/c1-22-8-7-19-33(20-22)29-17-15-27(16-18-29)25(4)32-31(35)28-13-11-26(12-14-28)21-34(38(5,36)37)30-23(2)9-6-10-24(30)3/h6,9-18,22,25H,7-8,19-21H2,1-5H3,(H,32,35)/t22-,25-/m1/s1. The van der Waals surface area contributed by atoms with Gasteiger partial charge in [0, 0.05) is 24.3 Å². The molecule has 0 aromatic heterocycles. The van der Waals surface area contributed by atoms with E-state index in [1.807, 2.05) is 51.1 Å². The van der Waals surface area contributed by atoms with E-state index in [0.717, 1.165) is 35.3 Å². The summed E-state index contributed by atoms with van der Waals surface area (Å²) in [6, 6.07) is 21.2.